The Labute approximate surface area is 204 Å². The van der Waals surface area contributed by atoms with Crippen LogP contribution in [0.15, 0.2) is 41.3 Å². The Balaban J connectivity index is 1.63. The molecule has 1 aliphatic rings. The summed E-state index contributed by atoms with van der Waals surface area (Å²) in [4.78, 5) is 51.4. The molecular weight excluding hydrogens is 471 g/mol. The van der Waals surface area contributed by atoms with E-state index in [1.165, 1.54) is 18.9 Å². The molecule has 1 fully saturated rings. The number of benzene rings is 1. The number of hydrogen-bond donors (Lipinski definition) is 2. The summed E-state index contributed by atoms with van der Waals surface area (Å²) in [6.45, 7) is 1.15. The molecule has 0 unspecified atom stereocenters. The number of carbonyl (C=O) groups excluding carboxylic acids is 1. The number of nitrogens with zero attached hydrogens (tertiary/aromatic N) is 4. The number of ether oxygens (including phenoxy) is 2. The van der Waals surface area contributed by atoms with Crippen LogP contribution in [0.1, 0.15) is 29.6 Å². The quantitative estimate of drug-likeness (QED) is 0.337. The fraction of sp³-hybridized carbons (Fsp3) is 0.417. The molecule has 1 aromatic carbocycles. The molecule has 10 nitrogen and oxygen atoms in total. The summed E-state index contributed by atoms with van der Waals surface area (Å²) in [5, 5.41) is 5.22. The predicted octanol–water partition coefficient (Wildman–Crippen LogP) is 2.59. The van der Waals surface area contributed by atoms with Crippen LogP contribution in [0, 0.1) is 5.92 Å². The molecule has 2 N–H and O–H groups in total. The summed E-state index contributed by atoms with van der Waals surface area (Å²) >= 11 is 0. The molecule has 1 saturated heterocycles. The van der Waals surface area contributed by atoms with Crippen molar-refractivity contribution in [3.63, 3.8) is 0 Å². The molecule has 11 heteroatoms. The molecule has 35 heavy (non-hydrogen) atoms. The number of piperidine rings is 1. The summed E-state index contributed by atoms with van der Waals surface area (Å²) in [5.41, 5.74) is 0.0416. The van der Waals surface area contributed by atoms with Crippen molar-refractivity contribution < 1.29 is 24.1 Å². The number of fused-ring (bicyclic) bond motifs is 1. The van der Waals surface area contributed by atoms with E-state index in [9.17, 15) is 19.4 Å². The highest BCUT2D eigenvalue weighted by Crippen LogP contribution is 2.33. The van der Waals surface area contributed by atoms with Crippen molar-refractivity contribution in [1.29, 1.82) is 0 Å². The third-order valence-corrected chi connectivity index (χ3v) is 7.00. The largest absolute Gasteiger partial charge is 0.497 e. The first kappa shape index (κ1) is 25.0. The Hall–Kier alpha value is -3.07. The summed E-state index contributed by atoms with van der Waals surface area (Å²) in [6, 6.07) is 8.45. The molecule has 0 spiro atoms. The number of ketones is 1. The normalized spacial score (nSPS) is 14.5. The van der Waals surface area contributed by atoms with E-state index in [2.05, 4.69) is 15.0 Å². The summed E-state index contributed by atoms with van der Waals surface area (Å²) in [6.07, 6.45) is 4.45. The summed E-state index contributed by atoms with van der Waals surface area (Å²) < 4.78 is 11.7. The predicted molar refractivity (Wildman–Crippen MR) is 133 cm³/mol. The number of aromatic nitrogens is 3. The lowest BCUT2D eigenvalue weighted by atomic mass is 9.94. The van der Waals surface area contributed by atoms with Crippen molar-refractivity contribution in [2.75, 3.05) is 38.4 Å². The minimum Gasteiger partial charge on any atom is -0.497 e. The van der Waals surface area contributed by atoms with Crippen LogP contribution in [0.4, 0.5) is 5.82 Å². The Morgan fingerprint density at radius 2 is 1.94 bits per heavy atom. The van der Waals surface area contributed by atoms with Crippen LogP contribution in [-0.4, -0.2) is 63.8 Å². The molecule has 1 aliphatic heterocycles. The van der Waals surface area contributed by atoms with Crippen LogP contribution in [-0.2, 0) is 6.54 Å². The average Bonchev–Trinajstić information content (AvgIpc) is 2.88. The SMILES string of the molecule is COc1cccc(C(=O)Cn2ncc3cc(OC)nc(N4CCC(CCP(O)O)CC4)c3c2=O)c1. The maximum absolute atomic E-state index is 13.5. The number of Topliss-reactive ketones (excluding diaryl/α,β-unsaturated/α-hetero) is 1. The molecule has 0 aliphatic carbocycles. The molecular formula is C24H29N4O6P. The summed E-state index contributed by atoms with van der Waals surface area (Å²) in [7, 11) is 1.18. The van der Waals surface area contributed by atoms with E-state index in [0.29, 0.717) is 59.0 Å². The van der Waals surface area contributed by atoms with Gasteiger partial charge in [-0.15, -0.1) is 0 Å². The fourth-order valence-electron chi connectivity index (χ4n) is 4.36. The lowest BCUT2D eigenvalue weighted by molar-refractivity contribution is 0.0965. The first-order valence-corrected chi connectivity index (χ1v) is 12.8. The molecule has 0 radical (unpaired) electrons. The Bertz CT molecular complexity index is 1260. The van der Waals surface area contributed by atoms with E-state index in [0.717, 1.165) is 19.3 Å². The average molecular weight is 500 g/mol. The van der Waals surface area contributed by atoms with Crippen LogP contribution >= 0.6 is 8.38 Å². The van der Waals surface area contributed by atoms with Gasteiger partial charge in [-0.2, -0.15) is 10.1 Å². The van der Waals surface area contributed by atoms with Gasteiger partial charge in [0, 0.05) is 36.3 Å². The van der Waals surface area contributed by atoms with Crippen molar-refractivity contribution >= 4 is 30.7 Å². The zero-order valence-corrected chi connectivity index (χ0v) is 20.6. The lowest BCUT2D eigenvalue weighted by Crippen LogP contribution is -2.36. The van der Waals surface area contributed by atoms with Gasteiger partial charge in [-0.25, -0.2) is 4.68 Å². The third-order valence-electron chi connectivity index (χ3n) is 6.34. The molecule has 0 atom stereocenters. The standard InChI is InChI=1S/C24H29N4O6P/c1-33-19-5-3-4-17(12-19)20(29)15-28-24(30)22-18(14-25-28)13-21(34-2)26-23(22)27-9-6-16(7-10-27)8-11-35(31)32/h3-5,12-14,16,31-32H,6-11,15H2,1-2H3. The van der Waals surface area contributed by atoms with Crippen molar-refractivity contribution in [3.8, 4) is 11.6 Å². The zero-order chi connectivity index (χ0) is 24.9. The second kappa shape index (κ2) is 11.1. The lowest BCUT2D eigenvalue weighted by Gasteiger charge is -2.33. The minimum absolute atomic E-state index is 0.208. The molecule has 4 rings (SSSR count). The highest BCUT2D eigenvalue weighted by Gasteiger charge is 2.25. The molecule has 0 bridgehead atoms. The number of carbonyl (C=O) groups is 1. The molecule has 0 amide bonds. The molecule has 2 aromatic heterocycles. The second-order valence-electron chi connectivity index (χ2n) is 8.53. The van der Waals surface area contributed by atoms with Gasteiger partial charge in [0.2, 0.25) is 5.88 Å². The molecule has 3 aromatic rings. The number of pyridine rings is 1. The van der Waals surface area contributed by atoms with Gasteiger partial charge in [0.15, 0.2) is 14.2 Å². The highest BCUT2D eigenvalue weighted by atomic mass is 31.2. The number of rotatable bonds is 9. The number of anilines is 1. The first-order chi connectivity index (χ1) is 16.9. The Kier molecular flexibility index (Phi) is 7.95. The highest BCUT2D eigenvalue weighted by molar-refractivity contribution is 7.45. The van der Waals surface area contributed by atoms with Crippen molar-refractivity contribution in [2.24, 2.45) is 5.92 Å². The van der Waals surface area contributed by atoms with Crippen LogP contribution < -0.4 is 19.9 Å². The maximum atomic E-state index is 13.5. The monoisotopic (exact) mass is 500 g/mol. The van der Waals surface area contributed by atoms with Crippen molar-refractivity contribution in [2.45, 2.75) is 25.8 Å². The van der Waals surface area contributed by atoms with Gasteiger partial charge in [0.25, 0.3) is 5.56 Å². The van der Waals surface area contributed by atoms with E-state index in [1.54, 1.807) is 36.5 Å². The van der Waals surface area contributed by atoms with Crippen LogP contribution in [0.5, 0.6) is 11.6 Å². The van der Waals surface area contributed by atoms with E-state index in [-0.39, 0.29) is 12.3 Å². The Morgan fingerprint density at radius 3 is 2.63 bits per heavy atom. The minimum atomic E-state index is -1.87. The topological polar surface area (TPSA) is 127 Å². The van der Waals surface area contributed by atoms with Crippen LogP contribution in [0.2, 0.25) is 0 Å². The van der Waals surface area contributed by atoms with Crippen LogP contribution in [0.3, 0.4) is 0 Å². The Morgan fingerprint density at radius 1 is 1.17 bits per heavy atom. The van der Waals surface area contributed by atoms with E-state index in [4.69, 9.17) is 9.47 Å². The van der Waals surface area contributed by atoms with Crippen molar-refractivity contribution in [1.82, 2.24) is 14.8 Å². The van der Waals surface area contributed by atoms with Gasteiger partial charge in [-0.1, -0.05) is 12.1 Å². The van der Waals surface area contributed by atoms with Gasteiger partial charge in [-0.05, 0) is 37.3 Å². The van der Waals surface area contributed by atoms with Crippen molar-refractivity contribution in [3.05, 3.63) is 52.4 Å². The van der Waals surface area contributed by atoms with Gasteiger partial charge >= 0.3 is 0 Å². The number of hydrogen-bond acceptors (Lipinski definition) is 9. The van der Waals surface area contributed by atoms with E-state index < -0.39 is 13.9 Å². The fourth-order valence-corrected chi connectivity index (χ4v) is 4.96. The maximum Gasteiger partial charge on any atom is 0.278 e. The zero-order valence-electron chi connectivity index (χ0n) is 19.8. The smallest absolute Gasteiger partial charge is 0.278 e. The molecule has 3 heterocycles. The molecule has 0 saturated carbocycles. The second-order valence-corrected chi connectivity index (χ2v) is 9.72. The van der Waals surface area contributed by atoms with Gasteiger partial charge < -0.3 is 24.2 Å². The first-order valence-electron chi connectivity index (χ1n) is 11.4. The van der Waals surface area contributed by atoms with E-state index in [1.807, 2.05) is 0 Å². The number of methoxy groups -OCH3 is 2. The van der Waals surface area contributed by atoms with Gasteiger partial charge in [-0.3, -0.25) is 9.59 Å². The molecule has 186 valence electrons. The van der Waals surface area contributed by atoms with Gasteiger partial charge in [0.05, 0.1) is 25.8 Å². The van der Waals surface area contributed by atoms with E-state index >= 15 is 0 Å². The van der Waals surface area contributed by atoms with Gasteiger partial charge in [0.1, 0.15) is 18.1 Å². The summed E-state index contributed by atoms with van der Waals surface area (Å²) in [5.74, 6) is 1.60. The third kappa shape index (κ3) is 5.78. The van der Waals surface area contributed by atoms with Crippen LogP contribution in [0.25, 0.3) is 10.8 Å².